The Kier molecular flexibility index (Phi) is 4.12. The molecule has 0 spiro atoms. The molecule has 4 nitrogen and oxygen atoms in total. The largest absolute Gasteiger partial charge is 0.225 e. The Morgan fingerprint density at radius 1 is 1.33 bits per heavy atom. The van der Waals surface area contributed by atoms with Crippen LogP contribution >= 0.6 is 0 Å². The number of hydrogen-bond acceptors (Lipinski definition) is 3. The highest BCUT2D eigenvalue weighted by molar-refractivity contribution is 7.89. The zero-order valence-electron chi connectivity index (χ0n) is 9.12. The smallest absolute Gasteiger partial charge is 0.214 e. The lowest BCUT2D eigenvalue weighted by Crippen LogP contribution is -2.37. The minimum absolute atomic E-state index is 0.0841. The molecule has 0 aromatic carbocycles. The van der Waals surface area contributed by atoms with E-state index in [1.54, 1.807) is 6.07 Å². The van der Waals surface area contributed by atoms with Crippen molar-refractivity contribution in [1.29, 1.82) is 5.26 Å². The van der Waals surface area contributed by atoms with Gasteiger partial charge in [0.2, 0.25) is 10.0 Å². The van der Waals surface area contributed by atoms with Gasteiger partial charge >= 0.3 is 0 Å². The van der Waals surface area contributed by atoms with E-state index in [1.165, 1.54) is 19.3 Å². The summed E-state index contributed by atoms with van der Waals surface area (Å²) < 4.78 is 25.1. The summed E-state index contributed by atoms with van der Waals surface area (Å²) in [7, 11) is -3.38. The summed E-state index contributed by atoms with van der Waals surface area (Å²) in [5.41, 5.74) is 0.0841. The standard InChI is InChI=1S/C10H18N2O2S/c1-10(5-3-2-4-6-10)9-12-15(13,14)8-7-11/h12H,2-6,8-9H2,1H3. The molecule has 0 atom stereocenters. The third-order valence-electron chi connectivity index (χ3n) is 3.03. The van der Waals surface area contributed by atoms with Gasteiger partial charge < -0.3 is 0 Å². The first kappa shape index (κ1) is 12.5. The molecule has 86 valence electrons. The van der Waals surface area contributed by atoms with Gasteiger partial charge in [-0.3, -0.25) is 0 Å². The van der Waals surface area contributed by atoms with Crippen LogP contribution in [0.1, 0.15) is 39.0 Å². The number of hydrogen-bond donors (Lipinski definition) is 1. The highest BCUT2D eigenvalue weighted by Crippen LogP contribution is 2.34. The summed E-state index contributed by atoms with van der Waals surface area (Å²) in [6.07, 6.45) is 5.75. The van der Waals surface area contributed by atoms with Crippen LogP contribution in [-0.4, -0.2) is 20.7 Å². The molecule has 0 bridgehead atoms. The van der Waals surface area contributed by atoms with Gasteiger partial charge in [-0.25, -0.2) is 13.1 Å². The maximum atomic E-state index is 11.3. The molecule has 0 heterocycles. The molecule has 1 saturated carbocycles. The Balaban J connectivity index is 2.45. The van der Waals surface area contributed by atoms with Gasteiger partial charge in [-0.15, -0.1) is 0 Å². The van der Waals surface area contributed by atoms with Gasteiger partial charge in [-0.05, 0) is 18.3 Å². The third kappa shape index (κ3) is 4.18. The normalized spacial score (nSPS) is 20.8. The third-order valence-corrected chi connectivity index (χ3v) is 4.13. The molecule has 0 aromatic heterocycles. The molecule has 1 fully saturated rings. The molecule has 1 aliphatic carbocycles. The summed E-state index contributed by atoms with van der Waals surface area (Å²) in [4.78, 5) is 0. The lowest BCUT2D eigenvalue weighted by molar-refractivity contribution is 0.219. The highest BCUT2D eigenvalue weighted by atomic mass is 32.2. The molecule has 15 heavy (non-hydrogen) atoms. The first-order chi connectivity index (χ1) is 6.97. The fourth-order valence-corrected chi connectivity index (χ4v) is 2.84. The molecular weight excluding hydrogens is 212 g/mol. The summed E-state index contributed by atoms with van der Waals surface area (Å²) in [5, 5.41) is 8.33. The maximum Gasteiger partial charge on any atom is 0.225 e. The fourth-order valence-electron chi connectivity index (χ4n) is 2.00. The average Bonchev–Trinajstić information content (AvgIpc) is 2.17. The van der Waals surface area contributed by atoms with Crippen molar-refractivity contribution in [2.75, 3.05) is 12.3 Å². The number of rotatable bonds is 4. The molecule has 0 amide bonds. The van der Waals surface area contributed by atoms with Crippen LogP contribution in [0, 0.1) is 16.7 Å². The van der Waals surface area contributed by atoms with Crippen LogP contribution in [0.15, 0.2) is 0 Å². The molecule has 1 aliphatic rings. The maximum absolute atomic E-state index is 11.3. The monoisotopic (exact) mass is 230 g/mol. The predicted octanol–water partition coefficient (Wildman–Crippen LogP) is 1.40. The molecule has 0 unspecified atom stereocenters. The van der Waals surface area contributed by atoms with Crippen LogP contribution in [0.4, 0.5) is 0 Å². The van der Waals surface area contributed by atoms with Crippen LogP contribution in [0.3, 0.4) is 0 Å². The lowest BCUT2D eigenvalue weighted by atomic mass is 9.76. The second-order valence-corrected chi connectivity index (χ2v) is 6.42. The Morgan fingerprint density at radius 2 is 1.93 bits per heavy atom. The lowest BCUT2D eigenvalue weighted by Gasteiger charge is -2.33. The molecule has 0 radical (unpaired) electrons. The highest BCUT2D eigenvalue weighted by Gasteiger charge is 2.28. The minimum atomic E-state index is -3.38. The molecule has 0 aliphatic heterocycles. The van der Waals surface area contributed by atoms with Crippen LogP contribution < -0.4 is 4.72 Å². The van der Waals surface area contributed by atoms with Crippen LogP contribution in [0.2, 0.25) is 0 Å². The number of nitrogens with one attached hydrogen (secondary N) is 1. The number of nitrogens with zero attached hydrogens (tertiary/aromatic N) is 1. The van der Waals surface area contributed by atoms with Gasteiger partial charge in [0, 0.05) is 6.54 Å². The van der Waals surface area contributed by atoms with Gasteiger partial charge in [0.05, 0.1) is 6.07 Å². The van der Waals surface area contributed by atoms with E-state index in [-0.39, 0.29) is 5.41 Å². The van der Waals surface area contributed by atoms with Crippen molar-refractivity contribution < 1.29 is 8.42 Å². The molecule has 5 heteroatoms. The predicted molar refractivity (Wildman–Crippen MR) is 58.6 cm³/mol. The van der Waals surface area contributed by atoms with Crippen molar-refractivity contribution in [2.24, 2.45) is 5.41 Å². The van der Waals surface area contributed by atoms with E-state index in [2.05, 4.69) is 11.6 Å². The van der Waals surface area contributed by atoms with E-state index in [1.807, 2.05) is 0 Å². The fraction of sp³-hybridized carbons (Fsp3) is 0.900. The van der Waals surface area contributed by atoms with Gasteiger partial charge in [-0.1, -0.05) is 26.2 Å². The van der Waals surface area contributed by atoms with E-state index in [4.69, 9.17) is 5.26 Å². The molecule has 0 aromatic rings. The van der Waals surface area contributed by atoms with Gasteiger partial charge in [0.25, 0.3) is 0 Å². The molecule has 0 saturated heterocycles. The van der Waals surface area contributed by atoms with Crippen LogP contribution in [0.5, 0.6) is 0 Å². The van der Waals surface area contributed by atoms with Gasteiger partial charge in [0.1, 0.15) is 0 Å². The first-order valence-corrected chi connectivity index (χ1v) is 6.97. The van der Waals surface area contributed by atoms with E-state index in [0.29, 0.717) is 6.54 Å². The zero-order chi connectivity index (χ0) is 11.4. The summed E-state index contributed by atoms with van der Waals surface area (Å²) in [5.74, 6) is -0.441. The topological polar surface area (TPSA) is 70.0 Å². The van der Waals surface area contributed by atoms with E-state index in [0.717, 1.165) is 12.8 Å². The summed E-state index contributed by atoms with van der Waals surface area (Å²) >= 11 is 0. The van der Waals surface area contributed by atoms with E-state index in [9.17, 15) is 8.42 Å². The second-order valence-electron chi connectivity index (χ2n) is 4.61. The Hall–Kier alpha value is -0.600. The average molecular weight is 230 g/mol. The summed E-state index contributed by atoms with van der Waals surface area (Å²) in [6.45, 7) is 2.58. The van der Waals surface area contributed by atoms with Crippen molar-refractivity contribution in [2.45, 2.75) is 39.0 Å². The number of sulfonamides is 1. The van der Waals surface area contributed by atoms with Crippen molar-refractivity contribution in [1.82, 2.24) is 4.72 Å². The van der Waals surface area contributed by atoms with Gasteiger partial charge in [-0.2, -0.15) is 5.26 Å². The SMILES string of the molecule is CC1(CNS(=O)(=O)CC#N)CCCCC1. The van der Waals surface area contributed by atoms with Crippen molar-refractivity contribution in [3.05, 3.63) is 0 Å². The Labute approximate surface area is 91.7 Å². The van der Waals surface area contributed by atoms with Crippen LogP contribution in [-0.2, 0) is 10.0 Å². The Morgan fingerprint density at radius 3 is 2.47 bits per heavy atom. The molecule has 1 rings (SSSR count). The first-order valence-electron chi connectivity index (χ1n) is 5.32. The van der Waals surface area contributed by atoms with E-state index >= 15 is 0 Å². The summed E-state index contributed by atoms with van der Waals surface area (Å²) in [6, 6.07) is 1.66. The number of nitriles is 1. The van der Waals surface area contributed by atoms with Gasteiger partial charge in [0.15, 0.2) is 5.75 Å². The van der Waals surface area contributed by atoms with Crippen molar-refractivity contribution in [3.63, 3.8) is 0 Å². The minimum Gasteiger partial charge on any atom is -0.214 e. The zero-order valence-corrected chi connectivity index (χ0v) is 9.94. The van der Waals surface area contributed by atoms with Crippen LogP contribution in [0.25, 0.3) is 0 Å². The van der Waals surface area contributed by atoms with Crippen molar-refractivity contribution >= 4 is 10.0 Å². The quantitative estimate of drug-likeness (QED) is 0.793. The second kappa shape index (κ2) is 4.95. The van der Waals surface area contributed by atoms with Crippen molar-refractivity contribution in [3.8, 4) is 6.07 Å². The van der Waals surface area contributed by atoms with E-state index < -0.39 is 15.8 Å². The molecule has 1 N–H and O–H groups in total. The Bertz CT molecular complexity index is 337. The molecular formula is C10H18N2O2S.